The van der Waals surface area contributed by atoms with E-state index in [1.54, 1.807) is 0 Å². The van der Waals surface area contributed by atoms with Crippen molar-refractivity contribution in [1.29, 1.82) is 0 Å². The van der Waals surface area contributed by atoms with E-state index in [1.807, 2.05) is 36.1 Å². The van der Waals surface area contributed by atoms with Crippen molar-refractivity contribution in [2.75, 3.05) is 52.5 Å². The molecular weight excluding hydrogens is 416 g/mol. The quantitative estimate of drug-likeness (QED) is 0.715. The highest BCUT2D eigenvalue weighted by atomic mass is 35.5. The van der Waals surface area contributed by atoms with Crippen LogP contribution < -0.4 is 5.32 Å². The van der Waals surface area contributed by atoms with Crippen molar-refractivity contribution in [3.63, 3.8) is 0 Å². The van der Waals surface area contributed by atoms with Gasteiger partial charge in [-0.05, 0) is 43.0 Å². The molecule has 0 bridgehead atoms. The molecule has 3 heterocycles. The molecule has 2 aromatic rings. The lowest BCUT2D eigenvalue weighted by Gasteiger charge is -2.34. The number of benzene rings is 1. The summed E-state index contributed by atoms with van der Waals surface area (Å²) in [5.74, 6) is 0.380. The van der Waals surface area contributed by atoms with Crippen LogP contribution in [0.2, 0.25) is 5.02 Å². The molecular formula is C23H31ClN4O3. The summed E-state index contributed by atoms with van der Waals surface area (Å²) in [4.78, 5) is 32.9. The van der Waals surface area contributed by atoms with Gasteiger partial charge in [-0.3, -0.25) is 14.5 Å². The summed E-state index contributed by atoms with van der Waals surface area (Å²) in [5, 5.41) is 4.68. The fraction of sp³-hybridized carbons (Fsp3) is 0.565. The Kier molecular flexibility index (Phi) is 7.15. The second kappa shape index (κ2) is 10.0. The number of fused-ring (bicyclic) bond motifs is 1. The van der Waals surface area contributed by atoms with E-state index in [1.165, 1.54) is 0 Å². The second-order valence-electron chi connectivity index (χ2n) is 8.58. The number of rotatable bonds is 6. The van der Waals surface area contributed by atoms with Crippen LogP contribution in [0.5, 0.6) is 0 Å². The van der Waals surface area contributed by atoms with Gasteiger partial charge in [0.25, 0.3) is 5.91 Å². The molecule has 2 amide bonds. The van der Waals surface area contributed by atoms with Crippen molar-refractivity contribution < 1.29 is 14.3 Å². The van der Waals surface area contributed by atoms with Gasteiger partial charge in [-0.2, -0.15) is 0 Å². The number of piperidine rings is 1. The van der Waals surface area contributed by atoms with Crippen molar-refractivity contribution in [2.45, 2.75) is 19.8 Å². The Bertz CT molecular complexity index is 917. The number of ether oxygens (including phenoxy) is 1. The van der Waals surface area contributed by atoms with Crippen molar-refractivity contribution in [1.82, 2.24) is 20.1 Å². The van der Waals surface area contributed by atoms with E-state index in [4.69, 9.17) is 16.3 Å². The van der Waals surface area contributed by atoms with Gasteiger partial charge in [-0.25, -0.2) is 0 Å². The lowest BCUT2D eigenvalue weighted by atomic mass is 9.84. The Morgan fingerprint density at radius 2 is 1.94 bits per heavy atom. The average Bonchev–Trinajstić information content (AvgIpc) is 3.22. The maximum absolute atomic E-state index is 12.9. The van der Waals surface area contributed by atoms with E-state index < -0.39 is 0 Å². The summed E-state index contributed by atoms with van der Waals surface area (Å²) in [6.07, 6.45) is 1.69. The normalized spacial score (nSPS) is 19.5. The minimum Gasteiger partial charge on any atom is -0.379 e. The molecule has 4 rings (SSSR count). The van der Waals surface area contributed by atoms with E-state index >= 15 is 0 Å². The molecule has 0 spiro atoms. The Morgan fingerprint density at radius 3 is 2.68 bits per heavy atom. The molecule has 7 nitrogen and oxygen atoms in total. The van der Waals surface area contributed by atoms with Gasteiger partial charge in [-0.1, -0.05) is 18.5 Å². The van der Waals surface area contributed by atoms with E-state index in [2.05, 4.69) is 15.2 Å². The van der Waals surface area contributed by atoms with Gasteiger partial charge in [0, 0.05) is 61.1 Å². The van der Waals surface area contributed by atoms with Crippen LogP contribution in [0.25, 0.3) is 10.9 Å². The number of aromatic amines is 1. The number of carbonyl (C=O) groups is 2. The fourth-order valence-corrected chi connectivity index (χ4v) is 4.71. The van der Waals surface area contributed by atoms with Crippen LogP contribution in [-0.4, -0.2) is 79.1 Å². The first-order valence-corrected chi connectivity index (χ1v) is 11.5. The largest absolute Gasteiger partial charge is 0.379 e. The molecule has 2 saturated heterocycles. The first kappa shape index (κ1) is 22.1. The number of H-pyrrole nitrogens is 1. The van der Waals surface area contributed by atoms with Crippen molar-refractivity contribution >= 4 is 34.3 Å². The second-order valence-corrected chi connectivity index (χ2v) is 9.01. The summed E-state index contributed by atoms with van der Waals surface area (Å²) in [7, 11) is 0. The molecule has 1 unspecified atom stereocenters. The van der Waals surface area contributed by atoms with Gasteiger partial charge < -0.3 is 19.9 Å². The fourth-order valence-electron chi connectivity index (χ4n) is 4.53. The number of halogens is 1. The maximum Gasteiger partial charge on any atom is 0.270 e. The number of amides is 2. The minimum atomic E-state index is -0.0443. The summed E-state index contributed by atoms with van der Waals surface area (Å²) >= 11 is 6.05. The van der Waals surface area contributed by atoms with Crippen LogP contribution in [0.4, 0.5) is 0 Å². The number of likely N-dealkylation sites (tertiary alicyclic amines) is 1. The third-order valence-corrected chi connectivity index (χ3v) is 6.83. The molecule has 168 valence electrons. The average molecular weight is 447 g/mol. The van der Waals surface area contributed by atoms with Gasteiger partial charge in [0.2, 0.25) is 5.91 Å². The van der Waals surface area contributed by atoms with Crippen molar-refractivity contribution in [3.05, 3.63) is 35.0 Å². The molecule has 31 heavy (non-hydrogen) atoms. The van der Waals surface area contributed by atoms with E-state index in [-0.39, 0.29) is 17.7 Å². The Labute approximate surface area is 188 Å². The molecule has 2 aliphatic rings. The van der Waals surface area contributed by atoms with Crippen LogP contribution >= 0.6 is 11.6 Å². The van der Waals surface area contributed by atoms with Crippen LogP contribution in [0.3, 0.4) is 0 Å². The van der Waals surface area contributed by atoms with Crippen LogP contribution in [-0.2, 0) is 9.53 Å². The van der Waals surface area contributed by atoms with Gasteiger partial charge >= 0.3 is 0 Å². The highest BCUT2D eigenvalue weighted by Gasteiger charge is 2.30. The SMILES string of the molecule is CC(C(=O)NCCN1CCOCC1)C1CCN(C(=O)c2cc3cc(Cl)ccc3[nH]2)CC1. The van der Waals surface area contributed by atoms with Gasteiger partial charge in [0.15, 0.2) is 0 Å². The molecule has 1 aromatic carbocycles. The van der Waals surface area contributed by atoms with Crippen molar-refractivity contribution in [2.24, 2.45) is 11.8 Å². The van der Waals surface area contributed by atoms with E-state index in [9.17, 15) is 9.59 Å². The molecule has 2 aliphatic heterocycles. The number of hydrogen-bond donors (Lipinski definition) is 2. The zero-order valence-corrected chi connectivity index (χ0v) is 18.8. The molecule has 0 aliphatic carbocycles. The number of morpholine rings is 1. The lowest BCUT2D eigenvalue weighted by molar-refractivity contribution is -0.126. The minimum absolute atomic E-state index is 0.00777. The summed E-state index contributed by atoms with van der Waals surface area (Å²) in [6, 6.07) is 7.42. The molecule has 0 saturated carbocycles. The zero-order valence-electron chi connectivity index (χ0n) is 18.0. The zero-order chi connectivity index (χ0) is 21.8. The number of nitrogens with one attached hydrogen (secondary N) is 2. The predicted molar refractivity (Wildman–Crippen MR) is 121 cm³/mol. The van der Waals surface area contributed by atoms with Crippen molar-refractivity contribution in [3.8, 4) is 0 Å². The number of carbonyl (C=O) groups excluding carboxylic acids is 2. The van der Waals surface area contributed by atoms with Gasteiger partial charge in [0.1, 0.15) is 5.69 Å². The summed E-state index contributed by atoms with van der Waals surface area (Å²) < 4.78 is 5.35. The van der Waals surface area contributed by atoms with E-state index in [0.717, 1.165) is 56.6 Å². The topological polar surface area (TPSA) is 77.7 Å². The number of hydrogen-bond acceptors (Lipinski definition) is 4. The van der Waals surface area contributed by atoms with Gasteiger partial charge in [-0.15, -0.1) is 0 Å². The van der Waals surface area contributed by atoms with E-state index in [0.29, 0.717) is 36.3 Å². The Morgan fingerprint density at radius 1 is 1.19 bits per heavy atom. The smallest absolute Gasteiger partial charge is 0.270 e. The number of nitrogens with zero attached hydrogens (tertiary/aromatic N) is 2. The van der Waals surface area contributed by atoms with Gasteiger partial charge in [0.05, 0.1) is 13.2 Å². The third-order valence-electron chi connectivity index (χ3n) is 6.59. The molecule has 2 fully saturated rings. The predicted octanol–water partition coefficient (Wildman–Crippen LogP) is 2.76. The first-order chi connectivity index (χ1) is 15.0. The lowest BCUT2D eigenvalue weighted by Crippen LogP contribution is -2.45. The standard InChI is InChI=1S/C23H31ClN4O3/c1-16(22(29)25-6-9-27-10-12-31-13-11-27)17-4-7-28(8-5-17)23(30)21-15-18-14-19(24)2-3-20(18)26-21/h2-3,14-17,26H,4-13H2,1H3,(H,25,29). The van der Waals surface area contributed by atoms with Crippen LogP contribution in [0.15, 0.2) is 24.3 Å². The summed E-state index contributed by atoms with van der Waals surface area (Å²) in [6.45, 7) is 8.30. The highest BCUT2D eigenvalue weighted by molar-refractivity contribution is 6.31. The van der Waals surface area contributed by atoms with Crippen LogP contribution in [0.1, 0.15) is 30.3 Å². The highest BCUT2D eigenvalue weighted by Crippen LogP contribution is 2.27. The first-order valence-electron chi connectivity index (χ1n) is 11.2. The molecule has 1 atom stereocenters. The molecule has 0 radical (unpaired) electrons. The number of aromatic nitrogens is 1. The molecule has 2 N–H and O–H groups in total. The Hall–Kier alpha value is -2.09. The third kappa shape index (κ3) is 5.40. The summed E-state index contributed by atoms with van der Waals surface area (Å²) in [5.41, 5.74) is 1.50. The Balaban J connectivity index is 1.24. The monoisotopic (exact) mass is 446 g/mol. The maximum atomic E-state index is 12.9. The molecule has 8 heteroatoms. The molecule has 1 aromatic heterocycles. The van der Waals surface area contributed by atoms with Crippen LogP contribution in [0, 0.1) is 11.8 Å².